The molecule has 6 nitrogen and oxygen atoms in total. The molecule has 148 valence electrons. The van der Waals surface area contributed by atoms with Crippen molar-refractivity contribution in [2.75, 3.05) is 6.61 Å². The van der Waals surface area contributed by atoms with Gasteiger partial charge in [0.15, 0.2) is 9.47 Å². The normalized spacial score (nSPS) is 16.5. The maximum absolute atomic E-state index is 13.3. The summed E-state index contributed by atoms with van der Waals surface area (Å²) in [5, 5.41) is 0. The maximum atomic E-state index is 13.3. The van der Waals surface area contributed by atoms with Crippen LogP contribution in [0.2, 0.25) is 0 Å². The maximum Gasteiger partial charge on any atom is 0.338 e. The van der Waals surface area contributed by atoms with Gasteiger partial charge in [0.05, 0.1) is 28.5 Å². The van der Waals surface area contributed by atoms with Crippen molar-refractivity contribution in [3.63, 3.8) is 0 Å². The molecule has 0 aliphatic carbocycles. The molecule has 0 N–H and O–H groups in total. The Labute approximate surface area is 178 Å². The van der Waals surface area contributed by atoms with Crippen molar-refractivity contribution < 1.29 is 13.9 Å². The third-order valence-corrected chi connectivity index (χ3v) is 5.91. The molecule has 8 heteroatoms. The number of hydrogen-bond acceptors (Lipinski definition) is 6. The standard InChI is InChI=1S/C21H17BrN2O4S/c1-3-27-20(26)17-12(2)23-21-24(18(17)13-7-5-4-6-8-13)19(25)15(29-21)11-14-9-10-16(22)28-14/h4-11,18H,3H2,1-2H3/b15-11-/t18-/m1/s1. The SMILES string of the molecule is CCOC(=O)C1=C(C)N=c2s/c(=C\c3ccc(Br)o3)c(=O)n2[C@@H]1c1ccccc1. The van der Waals surface area contributed by atoms with Crippen LogP contribution in [0.4, 0.5) is 0 Å². The summed E-state index contributed by atoms with van der Waals surface area (Å²) in [6, 6.07) is 12.4. The minimum absolute atomic E-state index is 0.232. The first-order chi connectivity index (χ1) is 14.0. The van der Waals surface area contributed by atoms with Crippen LogP contribution in [0.1, 0.15) is 31.2 Å². The van der Waals surface area contributed by atoms with Crippen molar-refractivity contribution >= 4 is 39.3 Å². The van der Waals surface area contributed by atoms with Crippen molar-refractivity contribution in [2.24, 2.45) is 4.99 Å². The zero-order chi connectivity index (χ0) is 20.5. The Morgan fingerprint density at radius 2 is 2.07 bits per heavy atom. The van der Waals surface area contributed by atoms with E-state index < -0.39 is 12.0 Å². The van der Waals surface area contributed by atoms with Crippen LogP contribution in [-0.4, -0.2) is 17.1 Å². The average molecular weight is 473 g/mol. The number of fused-ring (bicyclic) bond motifs is 1. The number of allylic oxidation sites excluding steroid dienone is 1. The van der Waals surface area contributed by atoms with Crippen molar-refractivity contribution in [2.45, 2.75) is 19.9 Å². The molecule has 1 aliphatic rings. The summed E-state index contributed by atoms with van der Waals surface area (Å²) < 4.78 is 13.4. The molecule has 0 radical (unpaired) electrons. The quantitative estimate of drug-likeness (QED) is 0.546. The largest absolute Gasteiger partial charge is 0.463 e. The fraction of sp³-hybridized carbons (Fsp3) is 0.190. The second kappa shape index (κ2) is 7.96. The van der Waals surface area contributed by atoms with E-state index in [0.717, 1.165) is 5.56 Å². The van der Waals surface area contributed by atoms with Gasteiger partial charge < -0.3 is 9.15 Å². The number of hydrogen-bond donors (Lipinski definition) is 0. The molecule has 29 heavy (non-hydrogen) atoms. The molecular formula is C21H17BrN2O4S. The van der Waals surface area contributed by atoms with E-state index in [0.29, 0.717) is 31.0 Å². The number of furan rings is 1. The third-order valence-electron chi connectivity index (χ3n) is 4.50. The van der Waals surface area contributed by atoms with Gasteiger partial charge in [0, 0.05) is 6.08 Å². The van der Waals surface area contributed by atoms with Gasteiger partial charge in [-0.25, -0.2) is 9.79 Å². The molecule has 2 aromatic heterocycles. The van der Waals surface area contributed by atoms with Gasteiger partial charge in [-0.15, -0.1) is 0 Å². The Bertz CT molecular complexity index is 1280. The van der Waals surface area contributed by atoms with Crippen molar-refractivity contribution in [1.29, 1.82) is 0 Å². The van der Waals surface area contributed by atoms with Crippen LogP contribution < -0.4 is 14.9 Å². The van der Waals surface area contributed by atoms with Gasteiger partial charge in [0.2, 0.25) is 0 Å². The summed E-state index contributed by atoms with van der Waals surface area (Å²) in [7, 11) is 0. The molecule has 1 aromatic carbocycles. The van der Waals surface area contributed by atoms with Crippen molar-refractivity contribution in [1.82, 2.24) is 4.57 Å². The van der Waals surface area contributed by atoms with Crippen LogP contribution in [0.15, 0.2) is 72.6 Å². The van der Waals surface area contributed by atoms with E-state index in [1.807, 2.05) is 30.3 Å². The Morgan fingerprint density at radius 3 is 2.72 bits per heavy atom. The van der Waals surface area contributed by atoms with E-state index in [4.69, 9.17) is 9.15 Å². The number of halogens is 1. The summed E-state index contributed by atoms with van der Waals surface area (Å²) in [6.45, 7) is 3.76. The minimum Gasteiger partial charge on any atom is -0.463 e. The molecule has 0 fully saturated rings. The highest BCUT2D eigenvalue weighted by molar-refractivity contribution is 9.10. The first-order valence-corrected chi connectivity index (χ1v) is 10.6. The van der Waals surface area contributed by atoms with Crippen molar-refractivity contribution in [3.8, 4) is 0 Å². The highest BCUT2D eigenvalue weighted by Crippen LogP contribution is 2.30. The zero-order valence-corrected chi connectivity index (χ0v) is 18.1. The Hall–Kier alpha value is -2.71. The Balaban J connectivity index is 1.96. The lowest BCUT2D eigenvalue weighted by molar-refractivity contribution is -0.139. The molecule has 4 rings (SSSR count). The molecule has 3 heterocycles. The molecule has 1 aliphatic heterocycles. The molecule has 0 bridgehead atoms. The Kier molecular flexibility index (Phi) is 5.38. The second-order valence-corrected chi connectivity index (χ2v) is 8.15. The topological polar surface area (TPSA) is 73.8 Å². The number of benzene rings is 1. The van der Waals surface area contributed by atoms with Gasteiger partial charge in [-0.05, 0) is 47.5 Å². The van der Waals surface area contributed by atoms with Crippen LogP contribution in [0.25, 0.3) is 6.08 Å². The predicted octanol–water partition coefficient (Wildman–Crippen LogP) is 3.15. The van der Waals surface area contributed by atoms with Crippen LogP contribution >= 0.6 is 27.3 Å². The predicted molar refractivity (Wildman–Crippen MR) is 113 cm³/mol. The van der Waals surface area contributed by atoms with Gasteiger partial charge >= 0.3 is 5.97 Å². The van der Waals surface area contributed by atoms with Crippen LogP contribution in [0.3, 0.4) is 0 Å². The number of carbonyl (C=O) groups is 1. The summed E-state index contributed by atoms with van der Waals surface area (Å²) >= 11 is 4.53. The summed E-state index contributed by atoms with van der Waals surface area (Å²) in [5.74, 6) is 0.0894. The molecular weight excluding hydrogens is 456 g/mol. The van der Waals surface area contributed by atoms with E-state index in [9.17, 15) is 9.59 Å². The highest BCUT2D eigenvalue weighted by atomic mass is 79.9. The number of carbonyl (C=O) groups excluding carboxylic acids is 1. The monoisotopic (exact) mass is 472 g/mol. The van der Waals surface area contributed by atoms with E-state index in [2.05, 4.69) is 20.9 Å². The molecule has 0 amide bonds. The van der Waals surface area contributed by atoms with E-state index in [1.165, 1.54) is 11.3 Å². The molecule has 0 saturated heterocycles. The van der Waals surface area contributed by atoms with E-state index >= 15 is 0 Å². The molecule has 0 unspecified atom stereocenters. The fourth-order valence-electron chi connectivity index (χ4n) is 3.28. The number of aromatic nitrogens is 1. The van der Waals surface area contributed by atoms with Crippen LogP contribution in [0.5, 0.6) is 0 Å². The van der Waals surface area contributed by atoms with Crippen LogP contribution in [0, 0.1) is 0 Å². The van der Waals surface area contributed by atoms with Crippen molar-refractivity contribution in [3.05, 3.63) is 89.4 Å². The van der Waals surface area contributed by atoms with Gasteiger partial charge in [-0.3, -0.25) is 9.36 Å². The van der Waals surface area contributed by atoms with E-state index in [1.54, 1.807) is 36.6 Å². The first-order valence-electron chi connectivity index (χ1n) is 8.99. The minimum atomic E-state index is -0.600. The molecule has 1 atom stereocenters. The van der Waals surface area contributed by atoms with Gasteiger partial charge in [-0.2, -0.15) is 0 Å². The number of ether oxygens (including phenoxy) is 1. The molecule has 0 spiro atoms. The lowest BCUT2D eigenvalue weighted by atomic mass is 9.96. The number of esters is 1. The zero-order valence-electron chi connectivity index (χ0n) is 15.7. The van der Waals surface area contributed by atoms with Gasteiger partial charge in [-0.1, -0.05) is 41.7 Å². The second-order valence-electron chi connectivity index (χ2n) is 6.35. The summed E-state index contributed by atoms with van der Waals surface area (Å²) in [6.07, 6.45) is 1.68. The fourth-order valence-corrected chi connectivity index (χ4v) is 4.62. The summed E-state index contributed by atoms with van der Waals surface area (Å²) in [4.78, 5) is 31.1. The van der Waals surface area contributed by atoms with Gasteiger partial charge in [0.25, 0.3) is 5.56 Å². The lowest BCUT2D eigenvalue weighted by Crippen LogP contribution is -2.39. The van der Waals surface area contributed by atoms with Gasteiger partial charge in [0.1, 0.15) is 5.76 Å². The summed E-state index contributed by atoms with van der Waals surface area (Å²) in [5.41, 5.74) is 1.51. The smallest absolute Gasteiger partial charge is 0.338 e. The first kappa shape index (κ1) is 19.6. The highest BCUT2D eigenvalue weighted by Gasteiger charge is 2.33. The lowest BCUT2D eigenvalue weighted by Gasteiger charge is -2.24. The van der Waals surface area contributed by atoms with E-state index in [-0.39, 0.29) is 12.2 Å². The molecule has 0 saturated carbocycles. The Morgan fingerprint density at radius 1 is 1.31 bits per heavy atom. The van der Waals surface area contributed by atoms with Crippen LogP contribution in [-0.2, 0) is 9.53 Å². The average Bonchev–Trinajstić information content (AvgIpc) is 3.24. The number of nitrogens with zero attached hydrogens (tertiary/aromatic N) is 2. The number of thiazole rings is 1. The third kappa shape index (κ3) is 3.65. The number of rotatable bonds is 4. The molecule has 3 aromatic rings.